The predicted molar refractivity (Wildman–Crippen MR) is 85.2 cm³/mol. The molecule has 2 aromatic carbocycles. The molecule has 0 saturated carbocycles. The van der Waals surface area contributed by atoms with Crippen molar-refractivity contribution in [3.8, 4) is 0 Å². The molecule has 0 N–H and O–H groups in total. The number of anilines is 1. The Morgan fingerprint density at radius 3 is 2.29 bits per heavy atom. The number of para-hydroxylation sites is 1. The number of rotatable bonds is 2. The second kappa shape index (κ2) is 4.60. The van der Waals surface area contributed by atoms with Crippen LogP contribution >= 0.6 is 0 Å². The van der Waals surface area contributed by atoms with Crippen molar-refractivity contribution >= 4 is 15.7 Å². The minimum absolute atomic E-state index is 0.172. The van der Waals surface area contributed by atoms with Gasteiger partial charge < -0.3 is 0 Å². The number of sulfonamides is 1. The van der Waals surface area contributed by atoms with E-state index in [1.807, 2.05) is 43.3 Å². The van der Waals surface area contributed by atoms with Crippen molar-refractivity contribution in [2.24, 2.45) is 0 Å². The molecule has 0 atom stereocenters. The highest BCUT2D eigenvalue weighted by molar-refractivity contribution is 7.92. The van der Waals surface area contributed by atoms with E-state index >= 15 is 0 Å². The van der Waals surface area contributed by atoms with Crippen LogP contribution in [-0.4, -0.2) is 15.0 Å². The average molecular weight is 301 g/mol. The van der Waals surface area contributed by atoms with E-state index in [4.69, 9.17) is 0 Å². The third-order valence-corrected chi connectivity index (χ3v) is 5.82. The van der Waals surface area contributed by atoms with Gasteiger partial charge >= 0.3 is 0 Å². The van der Waals surface area contributed by atoms with Gasteiger partial charge in [0.25, 0.3) is 10.0 Å². The highest BCUT2D eigenvalue weighted by atomic mass is 32.2. The SMILES string of the molecule is Cc1ccc(S(=O)(=O)N2CC(C)(C)c3ccccc32)cc1. The van der Waals surface area contributed by atoms with Crippen LogP contribution in [-0.2, 0) is 15.4 Å². The molecule has 2 aromatic rings. The van der Waals surface area contributed by atoms with Gasteiger partial charge in [-0.3, -0.25) is 4.31 Å². The Morgan fingerprint density at radius 1 is 1.00 bits per heavy atom. The fourth-order valence-electron chi connectivity index (χ4n) is 2.84. The minimum atomic E-state index is -3.51. The fourth-order valence-corrected chi connectivity index (χ4v) is 4.49. The first-order valence-electron chi connectivity index (χ1n) is 7.01. The summed E-state index contributed by atoms with van der Waals surface area (Å²) in [5.74, 6) is 0. The second-order valence-electron chi connectivity index (χ2n) is 6.23. The maximum Gasteiger partial charge on any atom is 0.264 e. The van der Waals surface area contributed by atoms with E-state index in [-0.39, 0.29) is 5.41 Å². The Labute approximate surface area is 126 Å². The molecule has 0 aliphatic carbocycles. The van der Waals surface area contributed by atoms with Crippen molar-refractivity contribution in [2.45, 2.75) is 31.1 Å². The molecule has 0 bridgehead atoms. The molecule has 0 amide bonds. The van der Waals surface area contributed by atoms with Crippen molar-refractivity contribution in [1.82, 2.24) is 0 Å². The summed E-state index contributed by atoms with van der Waals surface area (Å²) in [5.41, 5.74) is 2.76. The van der Waals surface area contributed by atoms with Crippen LogP contribution in [0.5, 0.6) is 0 Å². The number of nitrogens with zero attached hydrogens (tertiary/aromatic N) is 1. The van der Waals surface area contributed by atoms with Gasteiger partial charge in [0.05, 0.1) is 10.6 Å². The van der Waals surface area contributed by atoms with E-state index in [0.29, 0.717) is 11.4 Å². The summed E-state index contributed by atoms with van der Waals surface area (Å²) in [6.07, 6.45) is 0. The summed E-state index contributed by atoms with van der Waals surface area (Å²) < 4.78 is 27.4. The number of aryl methyl sites for hydroxylation is 1. The van der Waals surface area contributed by atoms with Gasteiger partial charge in [-0.2, -0.15) is 0 Å². The smallest absolute Gasteiger partial charge is 0.264 e. The lowest BCUT2D eigenvalue weighted by molar-refractivity contribution is 0.554. The third-order valence-electron chi connectivity index (χ3n) is 4.05. The van der Waals surface area contributed by atoms with Crippen molar-refractivity contribution in [2.75, 3.05) is 10.8 Å². The van der Waals surface area contributed by atoms with Crippen LogP contribution in [0.1, 0.15) is 25.0 Å². The van der Waals surface area contributed by atoms with Gasteiger partial charge in [0, 0.05) is 12.0 Å². The molecule has 0 radical (unpaired) electrons. The summed E-state index contributed by atoms with van der Waals surface area (Å²) >= 11 is 0. The predicted octanol–water partition coefficient (Wildman–Crippen LogP) is 3.48. The van der Waals surface area contributed by atoms with Gasteiger partial charge in [0.2, 0.25) is 0 Å². The molecular formula is C17H19NO2S. The molecule has 0 saturated heterocycles. The highest BCUT2D eigenvalue weighted by Gasteiger charge is 2.40. The number of hydrogen-bond acceptors (Lipinski definition) is 2. The van der Waals surface area contributed by atoms with Crippen molar-refractivity contribution in [3.63, 3.8) is 0 Å². The number of fused-ring (bicyclic) bond motifs is 1. The van der Waals surface area contributed by atoms with Crippen LogP contribution in [0.3, 0.4) is 0 Å². The van der Waals surface area contributed by atoms with Crippen LogP contribution in [0.4, 0.5) is 5.69 Å². The van der Waals surface area contributed by atoms with Crippen LogP contribution in [0.25, 0.3) is 0 Å². The quantitative estimate of drug-likeness (QED) is 0.851. The first-order valence-corrected chi connectivity index (χ1v) is 8.45. The first kappa shape index (κ1) is 14.1. The van der Waals surface area contributed by atoms with Crippen LogP contribution in [0.15, 0.2) is 53.4 Å². The summed E-state index contributed by atoms with van der Waals surface area (Å²) in [4.78, 5) is 0.348. The zero-order chi connectivity index (χ0) is 15.3. The van der Waals surface area contributed by atoms with Gasteiger partial charge in [-0.1, -0.05) is 49.7 Å². The molecule has 3 rings (SSSR count). The van der Waals surface area contributed by atoms with Gasteiger partial charge in [-0.25, -0.2) is 8.42 Å². The Kier molecular flexibility index (Phi) is 3.10. The Morgan fingerprint density at radius 2 is 1.62 bits per heavy atom. The summed E-state index contributed by atoms with van der Waals surface area (Å²) in [7, 11) is -3.51. The maximum atomic E-state index is 12.9. The van der Waals surface area contributed by atoms with E-state index in [1.165, 1.54) is 4.31 Å². The second-order valence-corrected chi connectivity index (χ2v) is 8.09. The average Bonchev–Trinajstić information content (AvgIpc) is 2.73. The van der Waals surface area contributed by atoms with E-state index in [9.17, 15) is 8.42 Å². The van der Waals surface area contributed by atoms with Crippen molar-refractivity contribution < 1.29 is 8.42 Å². The van der Waals surface area contributed by atoms with Crippen molar-refractivity contribution in [3.05, 3.63) is 59.7 Å². The molecule has 4 heteroatoms. The van der Waals surface area contributed by atoms with Gasteiger partial charge in [0.1, 0.15) is 0 Å². The van der Waals surface area contributed by atoms with E-state index in [2.05, 4.69) is 13.8 Å². The normalized spacial score (nSPS) is 16.8. The van der Waals surface area contributed by atoms with Crippen LogP contribution < -0.4 is 4.31 Å². The first-order chi connectivity index (χ1) is 9.82. The van der Waals surface area contributed by atoms with E-state index in [0.717, 1.165) is 16.8 Å². The third kappa shape index (κ3) is 2.23. The zero-order valence-corrected chi connectivity index (χ0v) is 13.3. The van der Waals surface area contributed by atoms with Gasteiger partial charge in [-0.05, 0) is 30.7 Å². The van der Waals surface area contributed by atoms with Crippen LogP contribution in [0.2, 0.25) is 0 Å². The molecule has 21 heavy (non-hydrogen) atoms. The number of benzene rings is 2. The molecule has 110 valence electrons. The van der Waals surface area contributed by atoms with E-state index < -0.39 is 10.0 Å². The molecule has 0 fully saturated rings. The molecular weight excluding hydrogens is 282 g/mol. The lowest BCUT2D eigenvalue weighted by atomic mass is 9.87. The molecule has 0 spiro atoms. The Bertz CT molecular complexity index is 777. The lowest BCUT2D eigenvalue weighted by Crippen LogP contribution is -2.33. The fraction of sp³-hybridized carbons (Fsp3) is 0.294. The topological polar surface area (TPSA) is 37.4 Å². The Balaban J connectivity index is 2.11. The number of hydrogen-bond donors (Lipinski definition) is 0. The molecule has 0 unspecified atom stereocenters. The monoisotopic (exact) mass is 301 g/mol. The van der Waals surface area contributed by atoms with Crippen molar-refractivity contribution in [1.29, 1.82) is 0 Å². The lowest BCUT2D eigenvalue weighted by Gasteiger charge is -2.22. The highest BCUT2D eigenvalue weighted by Crippen LogP contribution is 2.42. The summed E-state index contributed by atoms with van der Waals surface area (Å²) in [5, 5.41) is 0. The Hall–Kier alpha value is -1.81. The van der Waals surface area contributed by atoms with E-state index in [1.54, 1.807) is 12.1 Å². The molecule has 1 heterocycles. The minimum Gasteiger partial charge on any atom is -0.265 e. The van der Waals surface area contributed by atoms with Crippen LogP contribution in [0, 0.1) is 6.92 Å². The maximum absolute atomic E-state index is 12.9. The molecule has 3 nitrogen and oxygen atoms in total. The summed E-state index contributed by atoms with van der Waals surface area (Å²) in [6, 6.07) is 14.8. The summed E-state index contributed by atoms with van der Waals surface area (Å²) in [6.45, 7) is 6.58. The largest absolute Gasteiger partial charge is 0.265 e. The molecule has 0 aromatic heterocycles. The van der Waals surface area contributed by atoms with Gasteiger partial charge in [-0.15, -0.1) is 0 Å². The standard InChI is InChI=1S/C17H19NO2S/c1-13-8-10-14(11-9-13)21(19,20)18-12-17(2,3)15-6-4-5-7-16(15)18/h4-11H,12H2,1-3H3. The molecule has 1 aliphatic heterocycles. The zero-order valence-electron chi connectivity index (χ0n) is 12.5. The molecule has 1 aliphatic rings. The van der Waals surface area contributed by atoms with Gasteiger partial charge in [0.15, 0.2) is 0 Å².